The van der Waals surface area contributed by atoms with Gasteiger partial charge in [0, 0.05) is 12.2 Å². The second-order valence-corrected chi connectivity index (χ2v) is 6.92. The number of benzene rings is 2. The molecule has 3 nitrogen and oxygen atoms in total. The molecular formula is C20H24N2O. The summed E-state index contributed by atoms with van der Waals surface area (Å²) in [6.07, 6.45) is 0.903. The van der Waals surface area contributed by atoms with Crippen molar-refractivity contribution < 1.29 is 4.79 Å². The molecule has 0 spiro atoms. The molecule has 1 aliphatic rings. The Morgan fingerprint density at radius 3 is 2.39 bits per heavy atom. The first-order valence-corrected chi connectivity index (χ1v) is 8.23. The van der Waals surface area contributed by atoms with Crippen molar-refractivity contribution in [3.05, 3.63) is 65.7 Å². The topological polar surface area (TPSA) is 32.3 Å². The number of rotatable bonds is 4. The molecule has 0 aliphatic carbocycles. The lowest BCUT2D eigenvalue weighted by Crippen LogP contribution is -2.58. The van der Waals surface area contributed by atoms with E-state index in [1.165, 1.54) is 0 Å². The minimum Gasteiger partial charge on any atom is -0.362 e. The third-order valence-corrected chi connectivity index (χ3v) is 4.39. The van der Waals surface area contributed by atoms with E-state index in [4.69, 9.17) is 0 Å². The van der Waals surface area contributed by atoms with Gasteiger partial charge in [0.15, 0.2) is 0 Å². The normalized spacial score (nSPS) is 20.3. The molecule has 1 N–H and O–H groups in total. The molecule has 1 heterocycles. The number of nitrogens with zero attached hydrogens (tertiary/aromatic N) is 1. The van der Waals surface area contributed by atoms with Gasteiger partial charge in [-0.2, -0.15) is 0 Å². The Balaban J connectivity index is 2.00. The average Bonchev–Trinajstić information content (AvgIpc) is 2.51. The maximum Gasteiger partial charge on any atom is 0.258 e. The molecule has 1 amide bonds. The molecule has 0 bridgehead atoms. The third-order valence-electron chi connectivity index (χ3n) is 4.39. The van der Waals surface area contributed by atoms with Crippen molar-refractivity contribution in [2.75, 3.05) is 5.32 Å². The van der Waals surface area contributed by atoms with Crippen LogP contribution in [0.1, 0.15) is 43.1 Å². The summed E-state index contributed by atoms with van der Waals surface area (Å²) >= 11 is 0. The van der Waals surface area contributed by atoms with Crippen LogP contribution in [0.4, 0.5) is 5.69 Å². The number of hydrogen-bond acceptors (Lipinski definition) is 2. The van der Waals surface area contributed by atoms with Gasteiger partial charge in [0.25, 0.3) is 5.91 Å². The van der Waals surface area contributed by atoms with Gasteiger partial charge in [-0.15, -0.1) is 0 Å². The van der Waals surface area contributed by atoms with Crippen molar-refractivity contribution in [3.63, 3.8) is 0 Å². The Labute approximate surface area is 138 Å². The smallest absolute Gasteiger partial charge is 0.258 e. The lowest BCUT2D eigenvalue weighted by Gasteiger charge is -2.47. The Morgan fingerprint density at radius 2 is 1.70 bits per heavy atom. The van der Waals surface area contributed by atoms with Crippen molar-refractivity contribution in [2.45, 2.75) is 39.4 Å². The van der Waals surface area contributed by atoms with Crippen molar-refractivity contribution in [2.24, 2.45) is 5.92 Å². The predicted molar refractivity (Wildman–Crippen MR) is 94.2 cm³/mol. The van der Waals surface area contributed by atoms with Crippen LogP contribution in [0, 0.1) is 5.92 Å². The van der Waals surface area contributed by atoms with Crippen molar-refractivity contribution in [3.8, 4) is 0 Å². The second-order valence-electron chi connectivity index (χ2n) is 6.92. The van der Waals surface area contributed by atoms with E-state index in [0.717, 1.165) is 23.2 Å². The van der Waals surface area contributed by atoms with Gasteiger partial charge >= 0.3 is 0 Å². The summed E-state index contributed by atoms with van der Waals surface area (Å²) in [4.78, 5) is 15.1. The summed E-state index contributed by atoms with van der Waals surface area (Å²) in [5.74, 6) is 0.593. The summed E-state index contributed by atoms with van der Waals surface area (Å²) < 4.78 is 0. The van der Waals surface area contributed by atoms with Gasteiger partial charge in [-0.1, -0.05) is 56.3 Å². The molecule has 23 heavy (non-hydrogen) atoms. The highest BCUT2D eigenvalue weighted by molar-refractivity contribution is 6.02. The van der Waals surface area contributed by atoms with Crippen molar-refractivity contribution in [1.29, 1.82) is 0 Å². The maximum absolute atomic E-state index is 13.1. The fraction of sp³-hybridized carbons (Fsp3) is 0.350. The van der Waals surface area contributed by atoms with Gasteiger partial charge in [0.05, 0.1) is 5.56 Å². The molecule has 0 aromatic heterocycles. The number of carbonyl (C=O) groups is 1. The summed E-state index contributed by atoms with van der Waals surface area (Å²) in [6, 6.07) is 18.0. The molecule has 3 rings (SSSR count). The molecular weight excluding hydrogens is 284 g/mol. The van der Waals surface area contributed by atoms with Crippen molar-refractivity contribution >= 4 is 11.6 Å². The number of para-hydroxylation sites is 1. The largest absolute Gasteiger partial charge is 0.362 e. The van der Waals surface area contributed by atoms with E-state index in [1.54, 1.807) is 0 Å². The quantitative estimate of drug-likeness (QED) is 0.901. The molecule has 120 valence electrons. The first kappa shape index (κ1) is 15.6. The van der Waals surface area contributed by atoms with Crippen LogP contribution in [0.15, 0.2) is 54.6 Å². The summed E-state index contributed by atoms with van der Waals surface area (Å²) in [7, 11) is 0. The van der Waals surface area contributed by atoms with E-state index in [0.29, 0.717) is 12.5 Å². The number of hydrogen-bond donors (Lipinski definition) is 1. The number of nitrogens with one attached hydrogen (secondary N) is 1. The van der Waals surface area contributed by atoms with E-state index >= 15 is 0 Å². The Hall–Kier alpha value is -2.29. The van der Waals surface area contributed by atoms with E-state index in [2.05, 4.69) is 38.2 Å². The van der Waals surface area contributed by atoms with Crippen LogP contribution < -0.4 is 5.32 Å². The molecule has 2 aromatic carbocycles. The summed E-state index contributed by atoms with van der Waals surface area (Å²) in [5, 5.41) is 3.61. The van der Waals surface area contributed by atoms with Crippen LogP contribution in [0.2, 0.25) is 0 Å². The molecule has 1 atom stereocenters. The highest BCUT2D eigenvalue weighted by atomic mass is 16.2. The molecule has 3 heteroatoms. The van der Waals surface area contributed by atoms with Crippen LogP contribution in [0.5, 0.6) is 0 Å². The molecule has 0 radical (unpaired) electrons. The first-order chi connectivity index (χ1) is 11.0. The van der Waals surface area contributed by atoms with Gasteiger partial charge in [-0.3, -0.25) is 4.79 Å². The number of fused-ring (bicyclic) bond motifs is 1. The van der Waals surface area contributed by atoms with Crippen LogP contribution in [-0.4, -0.2) is 16.5 Å². The van der Waals surface area contributed by atoms with Crippen LogP contribution >= 0.6 is 0 Å². The van der Waals surface area contributed by atoms with E-state index in [-0.39, 0.29) is 11.6 Å². The zero-order chi connectivity index (χ0) is 16.4. The minimum atomic E-state index is -0.380. The van der Waals surface area contributed by atoms with Gasteiger partial charge in [-0.25, -0.2) is 0 Å². The first-order valence-electron chi connectivity index (χ1n) is 8.23. The van der Waals surface area contributed by atoms with Crippen LogP contribution in [-0.2, 0) is 6.54 Å². The van der Waals surface area contributed by atoms with Crippen LogP contribution in [0.25, 0.3) is 0 Å². The van der Waals surface area contributed by atoms with Gasteiger partial charge in [0.2, 0.25) is 0 Å². The Kier molecular flexibility index (Phi) is 4.12. The number of carbonyl (C=O) groups excluding carboxylic acids is 1. The molecule has 0 fully saturated rings. The van der Waals surface area contributed by atoms with Crippen molar-refractivity contribution in [1.82, 2.24) is 4.90 Å². The lowest BCUT2D eigenvalue weighted by atomic mass is 9.92. The zero-order valence-electron chi connectivity index (χ0n) is 14.0. The van der Waals surface area contributed by atoms with Gasteiger partial charge in [0.1, 0.15) is 5.66 Å². The van der Waals surface area contributed by atoms with Gasteiger partial charge < -0.3 is 10.2 Å². The predicted octanol–water partition coefficient (Wildman–Crippen LogP) is 4.52. The highest BCUT2D eigenvalue weighted by Gasteiger charge is 2.41. The monoisotopic (exact) mass is 308 g/mol. The molecule has 1 aliphatic heterocycles. The second kappa shape index (κ2) is 6.07. The third kappa shape index (κ3) is 3.09. The van der Waals surface area contributed by atoms with E-state index in [9.17, 15) is 4.79 Å². The standard InChI is InChI=1S/C20H24N2O/c1-15(2)13-20(3)21-18-12-8-7-11-17(18)19(23)22(20)14-16-9-5-4-6-10-16/h4-12,15,21H,13-14H2,1-3H3. The Bertz CT molecular complexity index is 696. The molecule has 2 aromatic rings. The van der Waals surface area contributed by atoms with E-state index in [1.807, 2.05) is 47.4 Å². The minimum absolute atomic E-state index is 0.103. The van der Waals surface area contributed by atoms with E-state index < -0.39 is 0 Å². The zero-order valence-corrected chi connectivity index (χ0v) is 14.0. The summed E-state index contributed by atoms with van der Waals surface area (Å²) in [6.45, 7) is 7.13. The molecule has 0 saturated heterocycles. The summed E-state index contributed by atoms with van der Waals surface area (Å²) in [5.41, 5.74) is 2.46. The maximum atomic E-state index is 13.1. The number of amides is 1. The lowest BCUT2D eigenvalue weighted by molar-refractivity contribution is 0.0468. The average molecular weight is 308 g/mol. The fourth-order valence-electron chi connectivity index (χ4n) is 3.47. The van der Waals surface area contributed by atoms with Gasteiger partial charge in [-0.05, 0) is 37.0 Å². The fourth-order valence-corrected chi connectivity index (χ4v) is 3.47. The van der Waals surface area contributed by atoms with Crippen LogP contribution in [0.3, 0.4) is 0 Å². The Morgan fingerprint density at radius 1 is 1.04 bits per heavy atom. The molecule has 1 unspecified atom stereocenters. The number of anilines is 1. The molecule has 0 saturated carbocycles. The SMILES string of the molecule is CC(C)CC1(C)Nc2ccccc2C(=O)N1Cc1ccccc1. The highest BCUT2D eigenvalue weighted by Crippen LogP contribution is 2.35.